The van der Waals surface area contributed by atoms with Crippen molar-refractivity contribution in [1.82, 2.24) is 0 Å². The van der Waals surface area contributed by atoms with Crippen molar-refractivity contribution in [2.75, 3.05) is 0 Å². The molecule has 0 bridgehead atoms. The molecule has 0 aliphatic heterocycles. The molecule has 0 radical (unpaired) electrons. The fourth-order valence-electron chi connectivity index (χ4n) is 0.957. The first-order chi connectivity index (χ1) is 4.41. The third kappa shape index (κ3) is 32.5. The van der Waals surface area contributed by atoms with Gasteiger partial charge in [-0.1, -0.05) is 45.4 Å². The second kappa shape index (κ2) is 29.4. The summed E-state index contributed by atoms with van der Waals surface area (Å²) in [4.78, 5) is 0. The summed E-state index contributed by atoms with van der Waals surface area (Å²) in [6, 6.07) is 0. The van der Waals surface area contributed by atoms with Gasteiger partial charge >= 0.3 is 0 Å². The summed E-state index contributed by atoms with van der Waals surface area (Å²) in [6.45, 7) is 6.05. The van der Waals surface area contributed by atoms with Crippen molar-refractivity contribution in [3.63, 3.8) is 0 Å². The Morgan fingerprint density at radius 2 is 1.15 bits per heavy atom. The molecule has 0 saturated carbocycles. The third-order valence-electron chi connectivity index (χ3n) is 1.60. The maximum Gasteiger partial charge on any atom is 0 e. The van der Waals surface area contributed by atoms with Crippen LogP contribution in [0.15, 0.2) is 0 Å². The SMILES string of the molecule is O.O.O.[CH2-]CCCCCCCC.[Ti]. The largest absolute Gasteiger partial charge is 0.412 e. The quantitative estimate of drug-likeness (QED) is 0.370. The monoisotopic (exact) mass is 229 g/mol. The first kappa shape index (κ1) is 29.2. The van der Waals surface area contributed by atoms with Crippen LogP contribution in [-0.2, 0) is 21.7 Å². The van der Waals surface area contributed by atoms with E-state index in [4.69, 9.17) is 0 Å². The van der Waals surface area contributed by atoms with Gasteiger partial charge in [-0.05, 0) is 0 Å². The van der Waals surface area contributed by atoms with Gasteiger partial charge in [0, 0.05) is 21.7 Å². The second-order valence-electron chi connectivity index (χ2n) is 2.62. The van der Waals surface area contributed by atoms with Crippen LogP contribution in [0.2, 0.25) is 0 Å². The molecule has 4 heteroatoms. The molecule has 0 fully saturated rings. The van der Waals surface area contributed by atoms with Gasteiger partial charge in [0.05, 0.1) is 0 Å². The Morgan fingerprint density at radius 1 is 0.769 bits per heavy atom. The zero-order valence-corrected chi connectivity index (χ0v) is 10.2. The van der Waals surface area contributed by atoms with Crippen molar-refractivity contribution < 1.29 is 38.1 Å². The van der Waals surface area contributed by atoms with Crippen molar-refractivity contribution in [3.8, 4) is 0 Å². The average molecular weight is 229 g/mol. The van der Waals surface area contributed by atoms with Crippen LogP contribution in [0.5, 0.6) is 0 Å². The molecular formula is C9H25O3Ti-. The minimum absolute atomic E-state index is 0. The molecule has 0 unspecified atom stereocenters. The van der Waals surface area contributed by atoms with Gasteiger partial charge in [-0.15, -0.1) is 0 Å². The summed E-state index contributed by atoms with van der Waals surface area (Å²) in [5, 5.41) is 0. The van der Waals surface area contributed by atoms with Gasteiger partial charge in [-0.3, -0.25) is 0 Å². The first-order valence-electron chi connectivity index (χ1n) is 4.21. The predicted molar refractivity (Wildman–Crippen MR) is 54.2 cm³/mol. The molecule has 0 amide bonds. The van der Waals surface area contributed by atoms with Gasteiger partial charge in [-0.25, -0.2) is 0 Å². The molecule has 0 spiro atoms. The molecule has 0 aromatic rings. The molecule has 6 N–H and O–H groups in total. The molecule has 13 heavy (non-hydrogen) atoms. The van der Waals surface area contributed by atoms with Crippen LogP contribution in [0.1, 0.15) is 51.9 Å². The summed E-state index contributed by atoms with van der Waals surface area (Å²) < 4.78 is 0. The molecule has 0 aromatic carbocycles. The Labute approximate surface area is 97.1 Å². The van der Waals surface area contributed by atoms with E-state index in [0.717, 1.165) is 6.42 Å². The van der Waals surface area contributed by atoms with Crippen LogP contribution in [0, 0.1) is 6.92 Å². The minimum Gasteiger partial charge on any atom is -0.412 e. The van der Waals surface area contributed by atoms with Crippen LogP contribution in [0.25, 0.3) is 0 Å². The molecule has 0 aliphatic carbocycles. The standard InChI is InChI=1S/C9H19.3H2O.Ti/c1-3-5-7-9-8-6-4-2;;;;/h1,3-9H2,2H3;3*1H2;/q-1;;;;. The van der Waals surface area contributed by atoms with Crippen LogP contribution in [-0.4, -0.2) is 16.4 Å². The Kier molecular flexibility index (Phi) is 65.9. The van der Waals surface area contributed by atoms with E-state index >= 15 is 0 Å². The minimum atomic E-state index is 0. The zero-order valence-electron chi connectivity index (χ0n) is 8.66. The third-order valence-corrected chi connectivity index (χ3v) is 1.60. The number of rotatable bonds is 6. The number of hydrogen-bond donors (Lipinski definition) is 0. The topological polar surface area (TPSA) is 94.5 Å². The average Bonchev–Trinajstić information content (AvgIpc) is 1.89. The van der Waals surface area contributed by atoms with Gasteiger partial charge in [0.25, 0.3) is 0 Å². The second-order valence-corrected chi connectivity index (χ2v) is 2.62. The van der Waals surface area contributed by atoms with E-state index in [-0.39, 0.29) is 38.1 Å². The van der Waals surface area contributed by atoms with E-state index < -0.39 is 0 Å². The van der Waals surface area contributed by atoms with E-state index in [1.54, 1.807) is 0 Å². The van der Waals surface area contributed by atoms with Crippen molar-refractivity contribution in [3.05, 3.63) is 6.92 Å². The van der Waals surface area contributed by atoms with E-state index in [9.17, 15) is 0 Å². The Hall–Kier alpha value is 0.594. The predicted octanol–water partition coefficient (Wildman–Crippen LogP) is 1.09. The fourth-order valence-corrected chi connectivity index (χ4v) is 0.957. The molecule has 0 aromatic heterocycles. The summed E-state index contributed by atoms with van der Waals surface area (Å²) in [6.07, 6.45) is 9.45. The van der Waals surface area contributed by atoms with Crippen LogP contribution < -0.4 is 0 Å². The van der Waals surface area contributed by atoms with Crippen LogP contribution in [0.4, 0.5) is 0 Å². The van der Waals surface area contributed by atoms with E-state index in [1.165, 1.54) is 38.5 Å². The van der Waals surface area contributed by atoms with Gasteiger partial charge < -0.3 is 23.4 Å². The maximum atomic E-state index is 3.80. The van der Waals surface area contributed by atoms with E-state index in [1.807, 2.05) is 0 Å². The molecule has 0 aliphatic rings. The molecule has 3 nitrogen and oxygen atoms in total. The van der Waals surface area contributed by atoms with Gasteiger partial charge in [0.1, 0.15) is 0 Å². The zero-order chi connectivity index (χ0) is 6.95. The number of unbranched alkanes of at least 4 members (excludes halogenated alkanes) is 6. The van der Waals surface area contributed by atoms with Gasteiger partial charge in [-0.2, -0.15) is 6.42 Å². The molecule has 84 valence electrons. The van der Waals surface area contributed by atoms with Crippen LogP contribution in [0.3, 0.4) is 0 Å². The van der Waals surface area contributed by atoms with E-state index in [0.29, 0.717) is 0 Å². The molecule has 0 rings (SSSR count). The van der Waals surface area contributed by atoms with Crippen molar-refractivity contribution in [1.29, 1.82) is 0 Å². The maximum absolute atomic E-state index is 3.80. The number of hydrogen-bond acceptors (Lipinski definition) is 0. The van der Waals surface area contributed by atoms with Gasteiger partial charge in [0.2, 0.25) is 0 Å². The van der Waals surface area contributed by atoms with E-state index in [2.05, 4.69) is 13.8 Å². The molecular weight excluding hydrogens is 204 g/mol. The van der Waals surface area contributed by atoms with Crippen molar-refractivity contribution >= 4 is 0 Å². The van der Waals surface area contributed by atoms with Crippen molar-refractivity contribution in [2.24, 2.45) is 0 Å². The fraction of sp³-hybridized carbons (Fsp3) is 0.889. The summed E-state index contributed by atoms with van der Waals surface area (Å²) >= 11 is 0. The Morgan fingerprint density at radius 3 is 1.54 bits per heavy atom. The summed E-state index contributed by atoms with van der Waals surface area (Å²) in [5.74, 6) is 0. The van der Waals surface area contributed by atoms with Crippen molar-refractivity contribution in [2.45, 2.75) is 51.9 Å². The molecule has 0 atom stereocenters. The van der Waals surface area contributed by atoms with Gasteiger partial charge in [0.15, 0.2) is 0 Å². The smallest absolute Gasteiger partial charge is 0 e. The summed E-state index contributed by atoms with van der Waals surface area (Å²) in [7, 11) is 0. The Bertz CT molecular complexity index is 48.1. The Balaban J connectivity index is -0.0000000533. The molecule has 0 saturated heterocycles. The van der Waals surface area contributed by atoms with Crippen LogP contribution >= 0.6 is 0 Å². The summed E-state index contributed by atoms with van der Waals surface area (Å²) in [5.41, 5.74) is 0. The first-order valence-corrected chi connectivity index (χ1v) is 4.21. The molecule has 0 heterocycles. The normalized spacial score (nSPS) is 6.92.